The lowest BCUT2D eigenvalue weighted by molar-refractivity contribution is -0.131. The van der Waals surface area contributed by atoms with Gasteiger partial charge in [0.2, 0.25) is 0 Å². The third kappa shape index (κ3) is 2.90. The Morgan fingerprint density at radius 2 is 1.75 bits per heavy atom. The molecule has 1 atom stereocenters. The predicted molar refractivity (Wildman–Crippen MR) is 121 cm³/mol. The van der Waals surface area contributed by atoms with Crippen LogP contribution < -0.4 is 5.32 Å². The van der Waals surface area contributed by atoms with Crippen LogP contribution in [0.15, 0.2) is 54.6 Å². The summed E-state index contributed by atoms with van der Waals surface area (Å²) < 4.78 is 2.02. The minimum atomic E-state index is -1.05. The molecule has 0 radical (unpaired) electrons. The van der Waals surface area contributed by atoms with Gasteiger partial charge in [0.05, 0.1) is 6.54 Å². The van der Waals surface area contributed by atoms with E-state index in [4.69, 9.17) is 0 Å². The van der Waals surface area contributed by atoms with Crippen LogP contribution in [0.2, 0.25) is 0 Å². The van der Waals surface area contributed by atoms with Crippen LogP contribution in [-0.2, 0) is 16.8 Å². The number of aryl methyl sites for hydroxylation is 3. The first kappa shape index (κ1) is 20.2. The van der Waals surface area contributed by atoms with Gasteiger partial charge in [0, 0.05) is 22.6 Å². The van der Waals surface area contributed by atoms with Gasteiger partial charge in [-0.3, -0.25) is 14.5 Å². The maximum atomic E-state index is 13.4. The first-order valence-electron chi connectivity index (χ1n) is 10.8. The second-order valence-corrected chi connectivity index (χ2v) is 8.76. The molecule has 162 valence electrons. The molecular formula is C26H25N3O3. The number of ketones is 1. The molecule has 1 aromatic heterocycles. The van der Waals surface area contributed by atoms with Crippen molar-refractivity contribution < 1.29 is 14.4 Å². The second-order valence-electron chi connectivity index (χ2n) is 8.76. The Hall–Kier alpha value is -3.67. The van der Waals surface area contributed by atoms with E-state index in [2.05, 4.69) is 5.32 Å². The van der Waals surface area contributed by atoms with Gasteiger partial charge in [-0.2, -0.15) is 0 Å². The Morgan fingerprint density at radius 3 is 2.50 bits per heavy atom. The topological polar surface area (TPSA) is 71.4 Å². The summed E-state index contributed by atoms with van der Waals surface area (Å²) in [6, 6.07) is 17.1. The molecule has 32 heavy (non-hydrogen) atoms. The van der Waals surface area contributed by atoms with E-state index in [1.165, 1.54) is 0 Å². The number of hydrogen-bond acceptors (Lipinski definition) is 3. The number of Topliss-reactive ketones (excluding diaryl/α,β-unsaturated/α-hetero) is 1. The molecule has 0 bridgehead atoms. The first-order valence-corrected chi connectivity index (χ1v) is 10.8. The SMILES string of the molecule is Cc1ccc(-n2c(C)cc(C(=O)CN3C(=O)NC4(CCc5ccccc54)C3=O)c2C)cc1. The van der Waals surface area contributed by atoms with Crippen LogP contribution in [0.4, 0.5) is 4.79 Å². The highest BCUT2D eigenvalue weighted by atomic mass is 16.2. The standard InChI is InChI=1S/C26H25N3O3/c1-16-8-10-20(11-9-16)29-17(2)14-21(18(29)3)23(30)15-28-24(31)26(27-25(28)32)13-12-19-6-4-5-7-22(19)26/h4-11,14H,12-13,15H2,1-3H3,(H,27,32). The molecule has 2 aromatic carbocycles. The van der Waals surface area contributed by atoms with Gasteiger partial charge in [0.15, 0.2) is 5.78 Å². The van der Waals surface area contributed by atoms with Gasteiger partial charge in [0.25, 0.3) is 5.91 Å². The van der Waals surface area contributed by atoms with Gasteiger partial charge < -0.3 is 9.88 Å². The summed E-state index contributed by atoms with van der Waals surface area (Å²) in [5, 5.41) is 2.88. The number of benzene rings is 2. The van der Waals surface area contributed by atoms with Crippen molar-refractivity contribution in [2.75, 3.05) is 6.54 Å². The van der Waals surface area contributed by atoms with E-state index in [0.717, 1.165) is 45.1 Å². The average Bonchev–Trinajstić information content (AvgIpc) is 3.37. The summed E-state index contributed by atoms with van der Waals surface area (Å²) in [7, 11) is 0. The van der Waals surface area contributed by atoms with Gasteiger partial charge in [-0.05, 0) is 62.9 Å². The molecule has 3 amide bonds. The third-order valence-corrected chi connectivity index (χ3v) is 6.75. The van der Waals surface area contributed by atoms with Crippen molar-refractivity contribution in [3.8, 4) is 5.69 Å². The highest BCUT2D eigenvalue weighted by molar-refractivity contribution is 6.12. The number of urea groups is 1. The lowest BCUT2D eigenvalue weighted by Crippen LogP contribution is -2.42. The van der Waals surface area contributed by atoms with E-state index in [1.807, 2.05) is 79.9 Å². The Morgan fingerprint density at radius 1 is 1.03 bits per heavy atom. The van der Waals surface area contributed by atoms with Crippen molar-refractivity contribution in [2.45, 2.75) is 39.2 Å². The number of fused-ring (bicyclic) bond motifs is 2. The van der Waals surface area contributed by atoms with E-state index >= 15 is 0 Å². The molecule has 3 aromatic rings. The number of amides is 3. The molecule has 1 aliphatic carbocycles. The van der Waals surface area contributed by atoms with Gasteiger partial charge >= 0.3 is 6.03 Å². The molecular weight excluding hydrogens is 402 g/mol. The maximum absolute atomic E-state index is 13.4. The minimum absolute atomic E-state index is 0.247. The number of nitrogens with one attached hydrogen (secondary N) is 1. The zero-order valence-electron chi connectivity index (χ0n) is 18.4. The molecule has 1 spiro atoms. The molecule has 1 saturated heterocycles. The minimum Gasteiger partial charge on any atom is -0.319 e. The Kier molecular flexibility index (Phi) is 4.55. The molecule has 1 N–H and O–H groups in total. The number of nitrogens with zero attached hydrogens (tertiary/aromatic N) is 2. The number of rotatable bonds is 4. The highest BCUT2D eigenvalue weighted by Gasteiger charge is 2.55. The summed E-state index contributed by atoms with van der Waals surface area (Å²) in [5.41, 5.74) is 5.23. The molecule has 6 heteroatoms. The van der Waals surface area contributed by atoms with Gasteiger partial charge in [-0.15, -0.1) is 0 Å². The lowest BCUT2D eigenvalue weighted by atomic mass is 9.92. The summed E-state index contributed by atoms with van der Waals surface area (Å²) in [4.78, 5) is 40.4. The number of aromatic nitrogens is 1. The first-order chi connectivity index (χ1) is 15.3. The Balaban J connectivity index is 1.43. The van der Waals surface area contributed by atoms with Crippen molar-refractivity contribution >= 4 is 17.7 Å². The molecule has 2 heterocycles. The fraction of sp³-hybridized carbons (Fsp3) is 0.269. The zero-order valence-corrected chi connectivity index (χ0v) is 18.4. The Labute approximate surface area is 186 Å². The molecule has 6 nitrogen and oxygen atoms in total. The smallest absolute Gasteiger partial charge is 0.319 e. The lowest BCUT2D eigenvalue weighted by Gasteiger charge is -2.22. The fourth-order valence-corrected chi connectivity index (χ4v) is 5.10. The molecule has 1 aliphatic heterocycles. The van der Waals surface area contributed by atoms with E-state index in [-0.39, 0.29) is 18.2 Å². The van der Waals surface area contributed by atoms with E-state index in [0.29, 0.717) is 12.0 Å². The molecule has 5 rings (SSSR count). The fourth-order valence-electron chi connectivity index (χ4n) is 5.10. The average molecular weight is 428 g/mol. The van der Waals surface area contributed by atoms with Crippen LogP contribution >= 0.6 is 0 Å². The largest absolute Gasteiger partial charge is 0.325 e. The second kappa shape index (κ2) is 7.19. The van der Waals surface area contributed by atoms with Gasteiger partial charge in [-0.1, -0.05) is 42.0 Å². The molecule has 0 saturated carbocycles. The van der Waals surface area contributed by atoms with E-state index < -0.39 is 11.6 Å². The summed E-state index contributed by atoms with van der Waals surface area (Å²) in [5.74, 6) is -0.587. The van der Waals surface area contributed by atoms with Crippen molar-refractivity contribution in [3.05, 3.63) is 88.2 Å². The number of carbonyl (C=O) groups is 3. The van der Waals surface area contributed by atoms with Crippen LogP contribution in [0.1, 0.15) is 44.9 Å². The molecule has 2 aliphatic rings. The number of imide groups is 1. The summed E-state index contributed by atoms with van der Waals surface area (Å²) >= 11 is 0. The number of carbonyl (C=O) groups excluding carboxylic acids is 3. The van der Waals surface area contributed by atoms with E-state index in [1.54, 1.807) is 0 Å². The van der Waals surface area contributed by atoms with Crippen molar-refractivity contribution in [1.29, 1.82) is 0 Å². The number of hydrogen-bond donors (Lipinski definition) is 1. The Bertz CT molecular complexity index is 1270. The van der Waals surface area contributed by atoms with Crippen LogP contribution in [0.25, 0.3) is 5.69 Å². The summed E-state index contributed by atoms with van der Waals surface area (Å²) in [6.07, 6.45) is 1.24. The molecule has 1 fully saturated rings. The van der Waals surface area contributed by atoms with Crippen molar-refractivity contribution in [1.82, 2.24) is 14.8 Å². The molecule has 1 unspecified atom stereocenters. The normalized spacial score (nSPS) is 19.5. The van der Waals surface area contributed by atoms with Crippen LogP contribution in [0.3, 0.4) is 0 Å². The van der Waals surface area contributed by atoms with Gasteiger partial charge in [-0.25, -0.2) is 4.79 Å². The third-order valence-electron chi connectivity index (χ3n) is 6.75. The van der Waals surface area contributed by atoms with Crippen molar-refractivity contribution in [3.63, 3.8) is 0 Å². The van der Waals surface area contributed by atoms with Gasteiger partial charge in [0.1, 0.15) is 5.54 Å². The van der Waals surface area contributed by atoms with Crippen LogP contribution in [0, 0.1) is 20.8 Å². The monoisotopic (exact) mass is 427 g/mol. The van der Waals surface area contributed by atoms with Crippen LogP contribution in [-0.4, -0.2) is 33.7 Å². The highest BCUT2D eigenvalue weighted by Crippen LogP contribution is 2.41. The van der Waals surface area contributed by atoms with Crippen molar-refractivity contribution in [2.24, 2.45) is 0 Å². The zero-order chi connectivity index (χ0) is 22.6. The maximum Gasteiger partial charge on any atom is 0.325 e. The quantitative estimate of drug-likeness (QED) is 0.506. The van der Waals surface area contributed by atoms with E-state index in [9.17, 15) is 14.4 Å². The van der Waals surface area contributed by atoms with Crippen LogP contribution in [0.5, 0.6) is 0 Å². The summed E-state index contributed by atoms with van der Waals surface area (Å²) in [6.45, 7) is 5.59. The predicted octanol–water partition coefficient (Wildman–Crippen LogP) is 3.98.